The number of ether oxygens (including phenoxy) is 1. The highest BCUT2D eigenvalue weighted by atomic mass is 16.5. The maximum Gasteiger partial charge on any atom is 0.0990 e. The molecule has 92 valence electrons. The Morgan fingerprint density at radius 3 is 2.00 bits per heavy atom. The van der Waals surface area contributed by atoms with Crippen molar-refractivity contribution in [3.05, 3.63) is 0 Å². The van der Waals surface area contributed by atoms with E-state index in [0.717, 1.165) is 26.4 Å². The molecule has 0 aliphatic carbocycles. The summed E-state index contributed by atoms with van der Waals surface area (Å²) in [6.45, 7) is 10.5. The van der Waals surface area contributed by atoms with Crippen LogP contribution in [0.2, 0.25) is 0 Å². The van der Waals surface area contributed by atoms with Crippen molar-refractivity contribution < 1.29 is 4.74 Å². The summed E-state index contributed by atoms with van der Waals surface area (Å²) in [5, 5.41) is 0. The standard InChI is InChI=1S/C13H29NO/c1-4-7-8-9-10-11-12-15-13-14(5-2)6-3/h4-13H2,1-3H3. The molecule has 0 rings (SSSR count). The van der Waals surface area contributed by atoms with Gasteiger partial charge in [-0.1, -0.05) is 52.9 Å². The molecule has 2 heteroatoms. The van der Waals surface area contributed by atoms with Crippen molar-refractivity contribution in [2.75, 3.05) is 26.4 Å². The van der Waals surface area contributed by atoms with Crippen molar-refractivity contribution >= 4 is 0 Å². The minimum absolute atomic E-state index is 0.808. The Kier molecular flexibility index (Phi) is 11.9. The largest absolute Gasteiger partial charge is 0.366 e. The maximum absolute atomic E-state index is 5.61. The molecule has 0 aromatic carbocycles. The van der Waals surface area contributed by atoms with E-state index in [9.17, 15) is 0 Å². The highest BCUT2D eigenvalue weighted by Crippen LogP contribution is 2.04. The van der Waals surface area contributed by atoms with Crippen LogP contribution in [0.25, 0.3) is 0 Å². The lowest BCUT2D eigenvalue weighted by Gasteiger charge is -2.17. The number of hydrogen-bond donors (Lipinski definition) is 0. The quantitative estimate of drug-likeness (QED) is 0.385. The predicted octanol–water partition coefficient (Wildman–Crippen LogP) is 3.66. The van der Waals surface area contributed by atoms with Crippen molar-refractivity contribution in [3.63, 3.8) is 0 Å². The Morgan fingerprint density at radius 1 is 0.800 bits per heavy atom. The lowest BCUT2D eigenvalue weighted by atomic mass is 10.1. The van der Waals surface area contributed by atoms with E-state index in [2.05, 4.69) is 25.7 Å². The van der Waals surface area contributed by atoms with Gasteiger partial charge in [-0.05, 0) is 19.5 Å². The molecule has 0 aliphatic heterocycles. The summed E-state index contributed by atoms with van der Waals surface area (Å²) in [7, 11) is 0. The molecule has 0 amide bonds. The summed E-state index contributed by atoms with van der Waals surface area (Å²) in [4.78, 5) is 2.30. The van der Waals surface area contributed by atoms with Crippen LogP contribution in [0.15, 0.2) is 0 Å². The Balaban J connectivity index is 3.04. The summed E-state index contributed by atoms with van der Waals surface area (Å²) >= 11 is 0. The summed E-state index contributed by atoms with van der Waals surface area (Å²) in [5.41, 5.74) is 0. The first-order valence-corrected chi connectivity index (χ1v) is 6.65. The molecular formula is C13H29NO. The van der Waals surface area contributed by atoms with E-state index >= 15 is 0 Å². The van der Waals surface area contributed by atoms with Gasteiger partial charge < -0.3 is 4.74 Å². The van der Waals surface area contributed by atoms with Crippen LogP contribution in [0, 0.1) is 0 Å². The average molecular weight is 215 g/mol. The molecule has 0 unspecified atom stereocenters. The van der Waals surface area contributed by atoms with Crippen LogP contribution in [0.3, 0.4) is 0 Å². The Morgan fingerprint density at radius 2 is 1.40 bits per heavy atom. The molecule has 0 bridgehead atoms. The van der Waals surface area contributed by atoms with Gasteiger partial charge in [-0.2, -0.15) is 0 Å². The molecule has 0 heterocycles. The second-order valence-corrected chi connectivity index (χ2v) is 4.11. The fourth-order valence-electron chi connectivity index (χ4n) is 1.58. The van der Waals surface area contributed by atoms with E-state index in [1.807, 2.05) is 0 Å². The molecule has 0 saturated heterocycles. The third-order valence-electron chi connectivity index (χ3n) is 2.81. The summed E-state index contributed by atoms with van der Waals surface area (Å²) in [6, 6.07) is 0. The zero-order valence-electron chi connectivity index (χ0n) is 10.9. The van der Waals surface area contributed by atoms with E-state index in [4.69, 9.17) is 4.74 Å². The van der Waals surface area contributed by atoms with Crippen molar-refractivity contribution in [3.8, 4) is 0 Å². The lowest BCUT2D eigenvalue weighted by Crippen LogP contribution is -2.26. The zero-order valence-corrected chi connectivity index (χ0v) is 10.9. The van der Waals surface area contributed by atoms with Gasteiger partial charge in [0.2, 0.25) is 0 Å². The molecule has 0 spiro atoms. The molecule has 15 heavy (non-hydrogen) atoms. The number of hydrogen-bond acceptors (Lipinski definition) is 2. The van der Waals surface area contributed by atoms with Crippen LogP contribution in [-0.2, 0) is 4.74 Å². The second kappa shape index (κ2) is 12.0. The SMILES string of the molecule is CCCCCCCCOCN(CC)CC. The van der Waals surface area contributed by atoms with Crippen molar-refractivity contribution in [2.45, 2.75) is 59.3 Å². The van der Waals surface area contributed by atoms with Gasteiger partial charge in [0.25, 0.3) is 0 Å². The predicted molar refractivity (Wildman–Crippen MR) is 67.1 cm³/mol. The zero-order chi connectivity index (χ0) is 11.4. The van der Waals surface area contributed by atoms with Crippen LogP contribution in [0.1, 0.15) is 59.3 Å². The normalized spacial score (nSPS) is 11.2. The Labute approximate surface area is 96.0 Å². The van der Waals surface area contributed by atoms with Gasteiger partial charge in [0.05, 0.1) is 6.73 Å². The first-order chi connectivity index (χ1) is 7.35. The van der Waals surface area contributed by atoms with Gasteiger partial charge >= 0.3 is 0 Å². The number of unbranched alkanes of at least 4 members (excludes halogenated alkanes) is 5. The third kappa shape index (κ3) is 10.2. The highest BCUT2D eigenvalue weighted by Gasteiger charge is 1.97. The van der Waals surface area contributed by atoms with Gasteiger partial charge in [0.15, 0.2) is 0 Å². The molecule has 0 radical (unpaired) electrons. The minimum atomic E-state index is 0.808. The highest BCUT2D eigenvalue weighted by molar-refractivity contribution is 4.45. The van der Waals surface area contributed by atoms with Crippen LogP contribution >= 0.6 is 0 Å². The summed E-state index contributed by atoms with van der Waals surface area (Å²) < 4.78 is 5.61. The third-order valence-corrected chi connectivity index (χ3v) is 2.81. The van der Waals surface area contributed by atoms with Crippen LogP contribution in [0.5, 0.6) is 0 Å². The fourth-order valence-corrected chi connectivity index (χ4v) is 1.58. The van der Waals surface area contributed by atoms with Crippen molar-refractivity contribution in [1.29, 1.82) is 0 Å². The van der Waals surface area contributed by atoms with Gasteiger partial charge in [-0.15, -0.1) is 0 Å². The molecule has 0 aromatic rings. The smallest absolute Gasteiger partial charge is 0.0990 e. The average Bonchev–Trinajstić information content (AvgIpc) is 2.27. The monoisotopic (exact) mass is 215 g/mol. The Hall–Kier alpha value is -0.0800. The lowest BCUT2D eigenvalue weighted by molar-refractivity contribution is 0.0323. The molecule has 0 aliphatic rings. The number of rotatable bonds is 11. The van der Waals surface area contributed by atoms with E-state index < -0.39 is 0 Å². The van der Waals surface area contributed by atoms with E-state index in [1.165, 1.54) is 38.5 Å². The molecule has 0 saturated carbocycles. The first kappa shape index (κ1) is 14.9. The van der Waals surface area contributed by atoms with Crippen LogP contribution in [0.4, 0.5) is 0 Å². The molecule has 0 aromatic heterocycles. The topological polar surface area (TPSA) is 12.5 Å². The fraction of sp³-hybridized carbons (Fsp3) is 1.00. The second-order valence-electron chi connectivity index (χ2n) is 4.11. The van der Waals surface area contributed by atoms with Gasteiger partial charge in [0, 0.05) is 6.61 Å². The van der Waals surface area contributed by atoms with Crippen molar-refractivity contribution in [2.24, 2.45) is 0 Å². The van der Waals surface area contributed by atoms with Gasteiger partial charge in [-0.3, -0.25) is 4.90 Å². The first-order valence-electron chi connectivity index (χ1n) is 6.65. The summed E-state index contributed by atoms with van der Waals surface area (Å²) in [6.07, 6.45) is 8.05. The molecule has 2 nitrogen and oxygen atoms in total. The van der Waals surface area contributed by atoms with E-state index in [1.54, 1.807) is 0 Å². The number of nitrogens with zero attached hydrogens (tertiary/aromatic N) is 1. The van der Waals surface area contributed by atoms with Crippen LogP contribution < -0.4 is 0 Å². The van der Waals surface area contributed by atoms with E-state index in [-0.39, 0.29) is 0 Å². The Bertz CT molecular complexity index is 113. The minimum Gasteiger partial charge on any atom is -0.366 e. The van der Waals surface area contributed by atoms with Gasteiger partial charge in [0.1, 0.15) is 0 Å². The molecular weight excluding hydrogens is 186 g/mol. The molecule has 0 atom stereocenters. The van der Waals surface area contributed by atoms with Crippen LogP contribution in [-0.4, -0.2) is 31.3 Å². The van der Waals surface area contributed by atoms with Gasteiger partial charge in [-0.25, -0.2) is 0 Å². The summed E-state index contributed by atoms with van der Waals surface area (Å²) in [5.74, 6) is 0. The van der Waals surface area contributed by atoms with Crippen molar-refractivity contribution in [1.82, 2.24) is 4.90 Å². The maximum atomic E-state index is 5.61. The molecule has 0 N–H and O–H groups in total. The molecule has 0 fully saturated rings. The van der Waals surface area contributed by atoms with E-state index in [0.29, 0.717) is 0 Å².